The van der Waals surface area contributed by atoms with Crippen molar-refractivity contribution in [2.75, 3.05) is 0 Å². The molecule has 5 aromatic carbocycles. The molecule has 0 atom stereocenters. The summed E-state index contributed by atoms with van der Waals surface area (Å²) in [4.78, 5) is 0. The van der Waals surface area contributed by atoms with Crippen molar-refractivity contribution >= 4 is 43.6 Å². The molecule has 0 saturated heterocycles. The summed E-state index contributed by atoms with van der Waals surface area (Å²) < 4.78 is 4.77. The maximum atomic E-state index is 2.39. The molecule has 164 valence electrons. The molecule has 34 heavy (non-hydrogen) atoms. The number of hydrogen-bond acceptors (Lipinski definition) is 0. The van der Waals surface area contributed by atoms with Gasteiger partial charge in [-0.05, 0) is 48.5 Å². The molecule has 0 radical (unpaired) electrons. The van der Waals surface area contributed by atoms with Crippen molar-refractivity contribution in [3.8, 4) is 11.4 Å². The molecule has 7 rings (SSSR count). The lowest BCUT2D eigenvalue weighted by Crippen LogP contribution is -1.95. The lowest BCUT2D eigenvalue weighted by Gasteiger charge is -2.10. The molecule has 2 aromatic heterocycles. The van der Waals surface area contributed by atoms with Crippen LogP contribution in [0.3, 0.4) is 0 Å². The highest BCUT2D eigenvalue weighted by molar-refractivity contribution is 6.19. The molecule has 0 unspecified atom stereocenters. The molecule has 0 amide bonds. The first-order chi connectivity index (χ1) is 16.9. The Hall–Kier alpha value is -4.30. The maximum Gasteiger partial charge on any atom is 0.0562 e. The maximum absolute atomic E-state index is 2.39. The fourth-order valence-corrected chi connectivity index (χ4v) is 5.14. The van der Waals surface area contributed by atoms with Gasteiger partial charge in [-0.2, -0.15) is 0 Å². The lowest BCUT2D eigenvalue weighted by atomic mass is 10.1. The van der Waals surface area contributed by atoms with Crippen LogP contribution in [0.1, 0.15) is 13.8 Å². The van der Waals surface area contributed by atoms with Crippen LogP contribution in [0, 0.1) is 0 Å². The number of nitrogens with zero attached hydrogens (tertiary/aromatic N) is 2. The molecule has 7 aromatic rings. The third kappa shape index (κ3) is 2.96. The zero-order valence-electron chi connectivity index (χ0n) is 19.4. The monoisotopic (exact) mass is 438 g/mol. The minimum Gasteiger partial charge on any atom is -0.309 e. The molecular weight excluding hydrogens is 412 g/mol. The SMILES string of the molecule is CC.c1ccc(-n2c3ccccc3c3cc4c5ccccc5n(-c5ccccc5)c4cc32)cc1. The third-order valence-corrected chi connectivity index (χ3v) is 6.49. The van der Waals surface area contributed by atoms with E-state index < -0.39 is 0 Å². The fraction of sp³-hybridized carbons (Fsp3) is 0.0625. The van der Waals surface area contributed by atoms with E-state index in [4.69, 9.17) is 0 Å². The molecule has 0 saturated carbocycles. The van der Waals surface area contributed by atoms with E-state index in [1.54, 1.807) is 0 Å². The van der Waals surface area contributed by atoms with Gasteiger partial charge in [0.05, 0.1) is 22.1 Å². The first-order valence-electron chi connectivity index (χ1n) is 12.0. The molecule has 2 heteroatoms. The van der Waals surface area contributed by atoms with E-state index in [1.807, 2.05) is 13.8 Å². The Morgan fingerprint density at radius 1 is 0.353 bits per heavy atom. The smallest absolute Gasteiger partial charge is 0.0562 e. The number of fused-ring (bicyclic) bond motifs is 6. The quantitative estimate of drug-likeness (QED) is 0.255. The summed E-state index contributed by atoms with van der Waals surface area (Å²) in [5, 5.41) is 5.13. The molecule has 0 N–H and O–H groups in total. The normalized spacial score (nSPS) is 11.2. The Bertz CT molecular complexity index is 1620. The van der Waals surface area contributed by atoms with E-state index >= 15 is 0 Å². The number of hydrogen-bond donors (Lipinski definition) is 0. The van der Waals surface area contributed by atoms with Crippen LogP contribution in [0.15, 0.2) is 121 Å². The summed E-state index contributed by atoms with van der Waals surface area (Å²) in [7, 11) is 0. The molecule has 0 spiro atoms. The van der Waals surface area contributed by atoms with Gasteiger partial charge in [-0.25, -0.2) is 0 Å². The van der Waals surface area contributed by atoms with Gasteiger partial charge in [0.25, 0.3) is 0 Å². The van der Waals surface area contributed by atoms with Gasteiger partial charge in [0.2, 0.25) is 0 Å². The molecule has 2 heterocycles. The van der Waals surface area contributed by atoms with Gasteiger partial charge in [-0.1, -0.05) is 86.6 Å². The summed E-state index contributed by atoms with van der Waals surface area (Å²) in [6.07, 6.45) is 0. The van der Waals surface area contributed by atoms with Crippen molar-refractivity contribution < 1.29 is 0 Å². The highest BCUT2D eigenvalue weighted by atomic mass is 15.0. The van der Waals surface area contributed by atoms with Crippen molar-refractivity contribution in [3.63, 3.8) is 0 Å². The largest absolute Gasteiger partial charge is 0.309 e. The van der Waals surface area contributed by atoms with Crippen LogP contribution in [-0.2, 0) is 0 Å². The number of para-hydroxylation sites is 4. The van der Waals surface area contributed by atoms with Crippen LogP contribution in [0.5, 0.6) is 0 Å². The number of aromatic nitrogens is 2. The average molecular weight is 439 g/mol. The van der Waals surface area contributed by atoms with E-state index in [0.717, 1.165) is 0 Å². The summed E-state index contributed by atoms with van der Waals surface area (Å²) in [6, 6.07) is 43.5. The molecule has 0 bridgehead atoms. The Balaban J connectivity index is 0.00000106. The molecule has 0 fully saturated rings. The summed E-state index contributed by atoms with van der Waals surface area (Å²) in [6.45, 7) is 4.00. The number of rotatable bonds is 2. The van der Waals surface area contributed by atoms with Gasteiger partial charge in [0.15, 0.2) is 0 Å². The summed E-state index contributed by atoms with van der Waals surface area (Å²) in [5.41, 5.74) is 7.28. The van der Waals surface area contributed by atoms with Crippen LogP contribution < -0.4 is 0 Å². The molecule has 0 aliphatic carbocycles. The zero-order valence-corrected chi connectivity index (χ0v) is 19.4. The highest BCUT2D eigenvalue weighted by Gasteiger charge is 2.17. The highest BCUT2D eigenvalue weighted by Crippen LogP contribution is 2.39. The Kier molecular flexibility index (Phi) is 4.92. The van der Waals surface area contributed by atoms with Crippen LogP contribution in [0.2, 0.25) is 0 Å². The second kappa shape index (κ2) is 8.24. The molecule has 2 nitrogen and oxygen atoms in total. The van der Waals surface area contributed by atoms with Gasteiger partial charge in [0, 0.05) is 32.9 Å². The summed E-state index contributed by atoms with van der Waals surface area (Å²) >= 11 is 0. The number of benzene rings is 5. The van der Waals surface area contributed by atoms with Gasteiger partial charge in [-0.3, -0.25) is 0 Å². The Morgan fingerprint density at radius 3 is 1.18 bits per heavy atom. The van der Waals surface area contributed by atoms with Crippen LogP contribution >= 0.6 is 0 Å². The third-order valence-electron chi connectivity index (χ3n) is 6.49. The van der Waals surface area contributed by atoms with Crippen molar-refractivity contribution in [3.05, 3.63) is 121 Å². The standard InChI is InChI=1S/C30H20N2.C2H6/c1-3-11-21(12-4-1)31-27-17-9-7-15-23(27)25-19-26-24-16-8-10-18-28(24)32(30(26)20-29(25)31)22-13-5-2-6-14-22;1-2/h1-20H;1-2H3. The predicted octanol–water partition coefficient (Wildman–Crippen LogP) is 8.91. The lowest BCUT2D eigenvalue weighted by molar-refractivity contribution is 1.16. The minimum atomic E-state index is 1.18. The first-order valence-corrected chi connectivity index (χ1v) is 12.0. The van der Waals surface area contributed by atoms with E-state index in [-0.39, 0.29) is 0 Å². The molecular formula is C32H26N2. The van der Waals surface area contributed by atoms with Gasteiger partial charge in [0.1, 0.15) is 0 Å². The topological polar surface area (TPSA) is 9.86 Å². The Labute approximate surface area is 199 Å². The van der Waals surface area contributed by atoms with Gasteiger partial charge in [-0.15, -0.1) is 0 Å². The second-order valence-electron chi connectivity index (χ2n) is 8.26. The van der Waals surface area contributed by atoms with Crippen LogP contribution in [0.25, 0.3) is 55.0 Å². The van der Waals surface area contributed by atoms with E-state index in [2.05, 4.69) is 130 Å². The first kappa shape index (κ1) is 20.3. The average Bonchev–Trinajstić information content (AvgIpc) is 3.42. The fourth-order valence-electron chi connectivity index (χ4n) is 5.14. The van der Waals surface area contributed by atoms with Crippen LogP contribution in [0.4, 0.5) is 0 Å². The van der Waals surface area contributed by atoms with Crippen molar-refractivity contribution in [1.29, 1.82) is 0 Å². The van der Waals surface area contributed by atoms with E-state index in [0.29, 0.717) is 0 Å². The summed E-state index contributed by atoms with van der Waals surface area (Å²) in [5.74, 6) is 0. The van der Waals surface area contributed by atoms with Gasteiger partial charge < -0.3 is 9.13 Å². The van der Waals surface area contributed by atoms with Crippen molar-refractivity contribution in [1.82, 2.24) is 9.13 Å². The van der Waals surface area contributed by atoms with Crippen molar-refractivity contribution in [2.24, 2.45) is 0 Å². The van der Waals surface area contributed by atoms with E-state index in [1.165, 1.54) is 55.0 Å². The second-order valence-corrected chi connectivity index (χ2v) is 8.26. The molecule has 0 aliphatic rings. The zero-order chi connectivity index (χ0) is 23.1. The minimum absolute atomic E-state index is 1.18. The Morgan fingerprint density at radius 2 is 0.735 bits per heavy atom. The molecule has 0 aliphatic heterocycles. The predicted molar refractivity (Wildman–Crippen MR) is 146 cm³/mol. The van der Waals surface area contributed by atoms with Crippen molar-refractivity contribution in [2.45, 2.75) is 13.8 Å². The van der Waals surface area contributed by atoms with Crippen LogP contribution in [-0.4, -0.2) is 9.13 Å². The van der Waals surface area contributed by atoms with E-state index in [9.17, 15) is 0 Å². The van der Waals surface area contributed by atoms with Gasteiger partial charge >= 0.3 is 0 Å².